The molecule has 1 heterocycles. The SMILES string of the molecule is COC(=O)CCN1CCC(=O)c2cc(/N=N/c3ccc(Cl)c4c3C(=O)c3ccccc3C4=O)c(O)cc21. The van der Waals surface area contributed by atoms with Gasteiger partial charge in [0.05, 0.1) is 41.1 Å². The maximum absolute atomic E-state index is 13.3. The lowest BCUT2D eigenvalue weighted by molar-refractivity contribution is -0.140. The van der Waals surface area contributed by atoms with Crippen molar-refractivity contribution < 1.29 is 29.0 Å². The Kier molecular flexibility index (Phi) is 6.31. The smallest absolute Gasteiger partial charge is 0.307 e. The summed E-state index contributed by atoms with van der Waals surface area (Å²) < 4.78 is 4.69. The van der Waals surface area contributed by atoms with E-state index in [-0.39, 0.29) is 74.8 Å². The van der Waals surface area contributed by atoms with Crippen LogP contribution >= 0.6 is 11.6 Å². The number of ether oxygens (including phenoxy) is 1. The lowest BCUT2D eigenvalue weighted by Gasteiger charge is -2.30. The number of carbonyl (C=O) groups is 4. The van der Waals surface area contributed by atoms with Crippen molar-refractivity contribution in [2.75, 3.05) is 25.1 Å². The Morgan fingerprint density at radius 2 is 1.65 bits per heavy atom. The van der Waals surface area contributed by atoms with Gasteiger partial charge in [-0.05, 0) is 18.2 Å². The molecule has 3 aromatic carbocycles. The van der Waals surface area contributed by atoms with Crippen molar-refractivity contribution in [1.82, 2.24) is 0 Å². The minimum atomic E-state index is -0.410. The molecule has 5 rings (SSSR count). The minimum Gasteiger partial charge on any atom is -0.506 e. The standard InChI is InChI=1S/C27H20ClN3O6/c1-37-23(34)9-11-31-10-8-21(32)16-12-19(22(33)13-20(16)31)30-29-18-7-6-17(28)24-25(18)27(36)15-5-3-2-4-14(15)26(24)35/h2-7,12-13,33H,8-11H2,1H3/b30-29+. The summed E-state index contributed by atoms with van der Waals surface area (Å²) in [5.41, 5.74) is 1.52. The van der Waals surface area contributed by atoms with Gasteiger partial charge in [0.1, 0.15) is 11.4 Å². The zero-order valence-corrected chi connectivity index (χ0v) is 20.4. The fourth-order valence-corrected chi connectivity index (χ4v) is 4.78. The maximum Gasteiger partial charge on any atom is 0.307 e. The van der Waals surface area contributed by atoms with Crippen molar-refractivity contribution in [1.29, 1.82) is 0 Å². The highest BCUT2D eigenvalue weighted by atomic mass is 35.5. The van der Waals surface area contributed by atoms with E-state index in [1.54, 1.807) is 24.3 Å². The van der Waals surface area contributed by atoms with E-state index in [1.807, 2.05) is 4.90 Å². The van der Waals surface area contributed by atoms with Crippen LogP contribution < -0.4 is 4.90 Å². The summed E-state index contributed by atoms with van der Waals surface area (Å²) in [5.74, 6) is -1.55. The molecule has 186 valence electrons. The van der Waals surface area contributed by atoms with Crippen LogP contribution in [0.2, 0.25) is 5.02 Å². The molecule has 0 radical (unpaired) electrons. The average Bonchev–Trinajstić information content (AvgIpc) is 2.90. The maximum atomic E-state index is 13.3. The van der Waals surface area contributed by atoms with Gasteiger partial charge in [-0.25, -0.2) is 0 Å². The van der Waals surface area contributed by atoms with Gasteiger partial charge in [-0.1, -0.05) is 35.9 Å². The first-order valence-corrected chi connectivity index (χ1v) is 11.8. The number of anilines is 1. The third-order valence-corrected chi connectivity index (χ3v) is 6.74. The molecular weight excluding hydrogens is 498 g/mol. The molecule has 0 amide bonds. The second kappa shape index (κ2) is 9.59. The van der Waals surface area contributed by atoms with Gasteiger partial charge in [-0.3, -0.25) is 19.2 Å². The summed E-state index contributed by atoms with van der Waals surface area (Å²) in [5, 5.41) is 19.0. The first-order valence-electron chi connectivity index (χ1n) is 11.4. The molecule has 0 saturated carbocycles. The monoisotopic (exact) mass is 517 g/mol. The molecule has 0 bridgehead atoms. The number of hydrogen-bond donors (Lipinski definition) is 1. The van der Waals surface area contributed by atoms with Crippen LogP contribution in [0.15, 0.2) is 58.8 Å². The highest BCUT2D eigenvalue weighted by Gasteiger charge is 2.33. The van der Waals surface area contributed by atoms with Crippen LogP contribution in [0.3, 0.4) is 0 Å². The normalized spacial score (nSPS) is 14.4. The summed E-state index contributed by atoms with van der Waals surface area (Å²) in [6.07, 6.45) is 0.361. The Balaban J connectivity index is 1.52. The largest absolute Gasteiger partial charge is 0.506 e. The van der Waals surface area contributed by atoms with Crippen LogP contribution in [-0.4, -0.2) is 48.6 Å². The molecule has 0 atom stereocenters. The molecule has 37 heavy (non-hydrogen) atoms. The number of halogens is 1. The van der Waals surface area contributed by atoms with E-state index in [0.717, 1.165) is 0 Å². The van der Waals surface area contributed by atoms with E-state index in [4.69, 9.17) is 11.6 Å². The lowest BCUT2D eigenvalue weighted by Crippen LogP contribution is -2.33. The van der Waals surface area contributed by atoms with E-state index in [9.17, 15) is 24.3 Å². The number of benzene rings is 3. The van der Waals surface area contributed by atoms with Crippen molar-refractivity contribution in [2.45, 2.75) is 12.8 Å². The topological polar surface area (TPSA) is 126 Å². The summed E-state index contributed by atoms with van der Waals surface area (Å²) in [7, 11) is 1.30. The van der Waals surface area contributed by atoms with E-state index in [1.165, 1.54) is 31.4 Å². The number of nitrogens with zero attached hydrogens (tertiary/aromatic N) is 3. The van der Waals surface area contributed by atoms with Gasteiger partial charge in [0.15, 0.2) is 17.3 Å². The van der Waals surface area contributed by atoms with E-state index < -0.39 is 5.78 Å². The molecule has 1 aliphatic carbocycles. The number of phenolic OH excluding ortho intramolecular Hbond substituents is 1. The second-order valence-corrected chi connectivity index (χ2v) is 8.97. The van der Waals surface area contributed by atoms with Crippen LogP contribution in [0.1, 0.15) is 55.0 Å². The Hall–Kier alpha value is -4.37. The number of ketones is 3. The molecule has 3 aromatic rings. The predicted octanol–water partition coefficient (Wildman–Crippen LogP) is 5.19. The number of methoxy groups -OCH3 is 1. The summed E-state index contributed by atoms with van der Waals surface area (Å²) in [6, 6.07) is 12.2. The molecule has 0 spiro atoms. The first-order chi connectivity index (χ1) is 17.8. The van der Waals surface area contributed by atoms with Gasteiger partial charge in [0.2, 0.25) is 0 Å². The molecule has 0 unspecified atom stereocenters. The van der Waals surface area contributed by atoms with E-state index in [0.29, 0.717) is 24.3 Å². The summed E-state index contributed by atoms with van der Waals surface area (Å²) >= 11 is 6.29. The third kappa shape index (κ3) is 4.27. The van der Waals surface area contributed by atoms with Gasteiger partial charge in [-0.2, -0.15) is 0 Å². The van der Waals surface area contributed by atoms with Crippen molar-refractivity contribution >= 4 is 52.0 Å². The Labute approximate surface area is 216 Å². The van der Waals surface area contributed by atoms with Crippen molar-refractivity contribution in [3.8, 4) is 5.75 Å². The number of hydrogen-bond acceptors (Lipinski definition) is 9. The van der Waals surface area contributed by atoms with Crippen molar-refractivity contribution in [3.63, 3.8) is 0 Å². The molecule has 0 saturated heterocycles. The lowest BCUT2D eigenvalue weighted by atomic mass is 9.83. The molecule has 0 aromatic heterocycles. The van der Waals surface area contributed by atoms with Crippen molar-refractivity contribution in [3.05, 3.63) is 81.4 Å². The number of phenols is 1. The van der Waals surface area contributed by atoms with Gasteiger partial charge in [-0.15, -0.1) is 10.2 Å². The zero-order valence-electron chi connectivity index (χ0n) is 19.7. The van der Waals surface area contributed by atoms with Gasteiger partial charge in [0.25, 0.3) is 0 Å². The number of rotatable bonds is 5. The fourth-order valence-electron chi connectivity index (χ4n) is 4.54. The summed E-state index contributed by atoms with van der Waals surface area (Å²) in [4.78, 5) is 52.3. The van der Waals surface area contributed by atoms with Crippen LogP contribution in [0, 0.1) is 0 Å². The van der Waals surface area contributed by atoms with Gasteiger partial charge < -0.3 is 14.7 Å². The van der Waals surface area contributed by atoms with Gasteiger partial charge in [0, 0.05) is 42.3 Å². The first kappa shape index (κ1) is 24.3. The zero-order chi connectivity index (χ0) is 26.3. The summed E-state index contributed by atoms with van der Waals surface area (Å²) in [6.45, 7) is 0.722. The highest BCUT2D eigenvalue weighted by molar-refractivity contribution is 6.39. The van der Waals surface area contributed by atoms with E-state index in [2.05, 4.69) is 15.0 Å². The Morgan fingerprint density at radius 1 is 0.973 bits per heavy atom. The molecule has 2 aliphatic rings. The number of azo groups is 1. The van der Waals surface area contributed by atoms with Crippen LogP contribution in [0.25, 0.3) is 0 Å². The van der Waals surface area contributed by atoms with Crippen LogP contribution in [-0.2, 0) is 9.53 Å². The third-order valence-electron chi connectivity index (χ3n) is 6.42. The van der Waals surface area contributed by atoms with Crippen LogP contribution in [0.5, 0.6) is 5.75 Å². The molecule has 9 nitrogen and oxygen atoms in total. The highest BCUT2D eigenvalue weighted by Crippen LogP contribution is 2.41. The number of fused-ring (bicyclic) bond motifs is 3. The molecule has 0 fully saturated rings. The molecule has 1 N–H and O–H groups in total. The average molecular weight is 518 g/mol. The molecule has 1 aliphatic heterocycles. The van der Waals surface area contributed by atoms with Crippen molar-refractivity contribution in [2.24, 2.45) is 10.2 Å². The molecular formula is C27H20ClN3O6. The second-order valence-electron chi connectivity index (χ2n) is 8.56. The fraction of sp³-hybridized carbons (Fsp3) is 0.185. The number of esters is 1. The number of Topliss-reactive ketones (excluding diaryl/α,β-unsaturated/α-hetero) is 1. The van der Waals surface area contributed by atoms with Crippen LogP contribution in [0.4, 0.5) is 17.1 Å². The molecule has 10 heteroatoms. The minimum absolute atomic E-state index is 0.0144. The van der Waals surface area contributed by atoms with Gasteiger partial charge >= 0.3 is 5.97 Å². The number of carbonyl (C=O) groups excluding carboxylic acids is 4. The number of aromatic hydroxyl groups is 1. The Morgan fingerprint density at radius 3 is 2.35 bits per heavy atom. The predicted molar refractivity (Wildman–Crippen MR) is 135 cm³/mol. The Bertz CT molecular complexity index is 1530. The van der Waals surface area contributed by atoms with E-state index >= 15 is 0 Å². The quantitative estimate of drug-likeness (QED) is 0.285.